The maximum atomic E-state index is 11.3. The SMILES string of the molecule is O=C(O)COCC(=O)NCCCN1CCCCCC1. The van der Waals surface area contributed by atoms with Crippen LogP contribution < -0.4 is 5.32 Å². The zero-order valence-electron chi connectivity index (χ0n) is 11.4. The Morgan fingerprint density at radius 2 is 1.79 bits per heavy atom. The number of nitrogens with one attached hydrogen (secondary N) is 1. The van der Waals surface area contributed by atoms with E-state index in [2.05, 4.69) is 10.2 Å². The molecule has 1 fully saturated rings. The average molecular weight is 272 g/mol. The molecule has 0 atom stereocenters. The first kappa shape index (κ1) is 15.9. The maximum absolute atomic E-state index is 11.3. The summed E-state index contributed by atoms with van der Waals surface area (Å²) < 4.78 is 4.70. The summed E-state index contributed by atoms with van der Waals surface area (Å²) in [6.45, 7) is 3.34. The third kappa shape index (κ3) is 8.56. The standard InChI is InChI=1S/C13H24N2O4/c16-12(10-19-11-13(17)18)14-6-5-9-15-7-3-1-2-4-8-15/h1-11H2,(H,14,16)(H,17,18). The van der Waals surface area contributed by atoms with Gasteiger partial charge in [-0.05, 0) is 38.9 Å². The molecule has 0 aromatic rings. The molecule has 6 nitrogen and oxygen atoms in total. The number of carboxylic acids is 1. The molecule has 0 radical (unpaired) electrons. The van der Waals surface area contributed by atoms with Gasteiger partial charge in [-0.15, -0.1) is 0 Å². The van der Waals surface area contributed by atoms with Crippen LogP contribution in [0.2, 0.25) is 0 Å². The number of rotatable bonds is 8. The van der Waals surface area contributed by atoms with Crippen LogP contribution in [0.25, 0.3) is 0 Å². The molecule has 6 heteroatoms. The van der Waals surface area contributed by atoms with E-state index >= 15 is 0 Å². The van der Waals surface area contributed by atoms with E-state index in [0.29, 0.717) is 6.54 Å². The van der Waals surface area contributed by atoms with Gasteiger partial charge in [0.2, 0.25) is 5.91 Å². The number of amides is 1. The van der Waals surface area contributed by atoms with Gasteiger partial charge in [0, 0.05) is 6.54 Å². The number of hydrogen-bond donors (Lipinski definition) is 2. The first-order valence-corrected chi connectivity index (χ1v) is 6.97. The van der Waals surface area contributed by atoms with Gasteiger partial charge in [-0.3, -0.25) is 4.79 Å². The first-order valence-electron chi connectivity index (χ1n) is 6.97. The Kier molecular flexibility index (Phi) is 8.16. The second-order valence-electron chi connectivity index (χ2n) is 4.85. The quantitative estimate of drug-likeness (QED) is 0.628. The molecular weight excluding hydrogens is 248 g/mol. The molecule has 0 spiro atoms. The van der Waals surface area contributed by atoms with E-state index in [1.165, 1.54) is 25.7 Å². The average Bonchev–Trinajstić information content (AvgIpc) is 2.63. The highest BCUT2D eigenvalue weighted by molar-refractivity contribution is 5.77. The van der Waals surface area contributed by atoms with Crippen LogP contribution in [0.15, 0.2) is 0 Å². The zero-order chi connectivity index (χ0) is 13.9. The fourth-order valence-electron chi connectivity index (χ4n) is 2.17. The van der Waals surface area contributed by atoms with Gasteiger partial charge >= 0.3 is 5.97 Å². The van der Waals surface area contributed by atoms with Crippen molar-refractivity contribution < 1.29 is 19.4 Å². The number of ether oxygens (including phenoxy) is 1. The summed E-state index contributed by atoms with van der Waals surface area (Å²) >= 11 is 0. The number of hydrogen-bond acceptors (Lipinski definition) is 4. The van der Waals surface area contributed by atoms with Crippen molar-refractivity contribution >= 4 is 11.9 Å². The molecule has 1 aliphatic heterocycles. The Hall–Kier alpha value is -1.14. The summed E-state index contributed by atoms with van der Waals surface area (Å²) in [5.74, 6) is -1.31. The van der Waals surface area contributed by atoms with Crippen molar-refractivity contribution in [3.63, 3.8) is 0 Å². The van der Waals surface area contributed by atoms with Crippen LogP contribution in [0.4, 0.5) is 0 Å². The molecule has 0 unspecified atom stereocenters. The summed E-state index contributed by atoms with van der Waals surface area (Å²) in [7, 11) is 0. The topological polar surface area (TPSA) is 78.9 Å². The molecule has 2 N–H and O–H groups in total. The molecule has 0 aliphatic carbocycles. The summed E-state index contributed by atoms with van der Waals surface area (Å²) in [5.41, 5.74) is 0. The van der Waals surface area contributed by atoms with E-state index in [0.717, 1.165) is 26.1 Å². The molecule has 0 saturated carbocycles. The van der Waals surface area contributed by atoms with Crippen molar-refractivity contribution in [2.24, 2.45) is 0 Å². The van der Waals surface area contributed by atoms with Crippen LogP contribution in [0.5, 0.6) is 0 Å². The van der Waals surface area contributed by atoms with Crippen molar-refractivity contribution in [1.82, 2.24) is 10.2 Å². The van der Waals surface area contributed by atoms with Crippen LogP contribution in [0, 0.1) is 0 Å². The molecule has 1 heterocycles. The largest absolute Gasteiger partial charge is 0.480 e. The second-order valence-corrected chi connectivity index (χ2v) is 4.85. The Morgan fingerprint density at radius 3 is 2.42 bits per heavy atom. The van der Waals surface area contributed by atoms with E-state index in [1.54, 1.807) is 0 Å². The molecule has 0 aromatic heterocycles. The third-order valence-electron chi connectivity index (χ3n) is 3.13. The van der Waals surface area contributed by atoms with Gasteiger partial charge in [-0.1, -0.05) is 12.8 Å². The Balaban J connectivity index is 1.97. The summed E-state index contributed by atoms with van der Waals surface area (Å²) in [6.07, 6.45) is 6.12. The predicted octanol–water partition coefficient (Wildman–Crippen LogP) is 0.470. The molecule has 19 heavy (non-hydrogen) atoms. The summed E-state index contributed by atoms with van der Waals surface area (Å²) in [6, 6.07) is 0. The minimum Gasteiger partial charge on any atom is -0.480 e. The lowest BCUT2D eigenvalue weighted by Gasteiger charge is -2.19. The second kappa shape index (κ2) is 9.75. The van der Waals surface area contributed by atoms with Gasteiger partial charge in [0.25, 0.3) is 0 Å². The highest BCUT2D eigenvalue weighted by atomic mass is 16.5. The highest BCUT2D eigenvalue weighted by Gasteiger charge is 2.08. The van der Waals surface area contributed by atoms with Gasteiger partial charge in [-0.2, -0.15) is 0 Å². The van der Waals surface area contributed by atoms with Crippen LogP contribution in [0.3, 0.4) is 0 Å². The van der Waals surface area contributed by atoms with E-state index in [1.807, 2.05) is 0 Å². The fourth-order valence-corrected chi connectivity index (χ4v) is 2.17. The highest BCUT2D eigenvalue weighted by Crippen LogP contribution is 2.09. The number of carboxylic acid groups (broad SMARTS) is 1. The summed E-state index contributed by atoms with van der Waals surface area (Å²) in [5, 5.41) is 11.1. The lowest BCUT2D eigenvalue weighted by atomic mass is 10.2. The zero-order valence-corrected chi connectivity index (χ0v) is 11.4. The van der Waals surface area contributed by atoms with Crippen LogP contribution >= 0.6 is 0 Å². The molecule has 1 rings (SSSR count). The number of aliphatic carboxylic acids is 1. The predicted molar refractivity (Wildman–Crippen MR) is 71.0 cm³/mol. The molecule has 110 valence electrons. The van der Waals surface area contributed by atoms with Crippen molar-refractivity contribution in [3.05, 3.63) is 0 Å². The van der Waals surface area contributed by atoms with Crippen molar-refractivity contribution in [3.8, 4) is 0 Å². The first-order chi connectivity index (χ1) is 9.18. The van der Waals surface area contributed by atoms with E-state index in [-0.39, 0.29) is 12.5 Å². The third-order valence-corrected chi connectivity index (χ3v) is 3.13. The number of likely N-dealkylation sites (tertiary alicyclic amines) is 1. The van der Waals surface area contributed by atoms with Crippen molar-refractivity contribution in [2.75, 3.05) is 39.4 Å². The van der Waals surface area contributed by atoms with Gasteiger partial charge in [0.15, 0.2) is 0 Å². The molecule has 0 aromatic carbocycles. The Morgan fingerprint density at radius 1 is 1.11 bits per heavy atom. The monoisotopic (exact) mass is 272 g/mol. The molecule has 1 aliphatic rings. The molecule has 0 bridgehead atoms. The van der Waals surface area contributed by atoms with E-state index < -0.39 is 12.6 Å². The summed E-state index contributed by atoms with van der Waals surface area (Å²) in [4.78, 5) is 23.9. The maximum Gasteiger partial charge on any atom is 0.329 e. The number of carbonyl (C=O) groups excluding carboxylic acids is 1. The van der Waals surface area contributed by atoms with Gasteiger partial charge in [0.1, 0.15) is 13.2 Å². The van der Waals surface area contributed by atoms with E-state index in [4.69, 9.17) is 9.84 Å². The molecule has 1 saturated heterocycles. The number of nitrogens with zero attached hydrogens (tertiary/aromatic N) is 1. The number of carbonyl (C=O) groups is 2. The molecule has 1 amide bonds. The smallest absolute Gasteiger partial charge is 0.329 e. The lowest BCUT2D eigenvalue weighted by Crippen LogP contribution is -2.32. The minimum atomic E-state index is -1.06. The van der Waals surface area contributed by atoms with Gasteiger partial charge < -0.3 is 20.1 Å². The van der Waals surface area contributed by atoms with Crippen LogP contribution in [0.1, 0.15) is 32.1 Å². The van der Waals surface area contributed by atoms with Gasteiger partial charge in [0.05, 0.1) is 0 Å². The Bertz CT molecular complexity index is 276. The van der Waals surface area contributed by atoms with Gasteiger partial charge in [-0.25, -0.2) is 4.79 Å². The normalized spacial score (nSPS) is 16.8. The lowest BCUT2D eigenvalue weighted by molar-refractivity contribution is -0.143. The van der Waals surface area contributed by atoms with Crippen LogP contribution in [-0.4, -0.2) is 61.3 Å². The van der Waals surface area contributed by atoms with Crippen molar-refractivity contribution in [2.45, 2.75) is 32.1 Å². The fraction of sp³-hybridized carbons (Fsp3) is 0.846. The minimum absolute atomic E-state index is 0.185. The molecular formula is C13H24N2O4. The Labute approximate surface area is 114 Å². The van der Waals surface area contributed by atoms with Crippen molar-refractivity contribution in [1.29, 1.82) is 0 Å². The van der Waals surface area contributed by atoms with Crippen LogP contribution in [-0.2, 0) is 14.3 Å². The van der Waals surface area contributed by atoms with E-state index in [9.17, 15) is 9.59 Å².